The van der Waals surface area contributed by atoms with E-state index in [1.165, 1.54) is 4.90 Å². The van der Waals surface area contributed by atoms with E-state index in [1.807, 2.05) is 0 Å². The lowest BCUT2D eigenvalue weighted by Crippen LogP contribution is -2.42. The van der Waals surface area contributed by atoms with Gasteiger partial charge in [0.1, 0.15) is 6.54 Å². The summed E-state index contributed by atoms with van der Waals surface area (Å²) in [7, 11) is 0. The number of hydrogen-bond acceptors (Lipinski definition) is 3. The molecule has 0 spiro atoms. The zero-order valence-corrected chi connectivity index (χ0v) is 11.7. The van der Waals surface area contributed by atoms with Crippen molar-refractivity contribution in [3.63, 3.8) is 0 Å². The second-order valence-electron chi connectivity index (χ2n) is 4.57. The highest BCUT2D eigenvalue weighted by Gasteiger charge is 2.38. The summed E-state index contributed by atoms with van der Waals surface area (Å²) in [6, 6.07) is 1.45. The number of halogens is 2. The first kappa shape index (κ1) is 15.1. The van der Waals surface area contributed by atoms with Gasteiger partial charge in [-0.15, -0.1) is 0 Å². The Kier molecular flexibility index (Phi) is 4.02. The van der Waals surface area contributed by atoms with Crippen LogP contribution in [0, 0.1) is 11.6 Å². The fourth-order valence-electron chi connectivity index (χ4n) is 2.26. The van der Waals surface area contributed by atoms with Gasteiger partial charge in [-0.2, -0.15) is 0 Å². The largest absolute Gasteiger partial charge is 0.342 e. The minimum Gasteiger partial charge on any atom is -0.342 e. The van der Waals surface area contributed by atoms with E-state index < -0.39 is 23.3 Å². The summed E-state index contributed by atoms with van der Waals surface area (Å²) in [5, 5.41) is 0. The van der Waals surface area contributed by atoms with Crippen molar-refractivity contribution in [1.29, 1.82) is 0 Å². The molecule has 1 aliphatic rings. The predicted octanol–water partition coefficient (Wildman–Crippen LogP) is 1.36. The van der Waals surface area contributed by atoms with Gasteiger partial charge in [-0.25, -0.2) is 8.78 Å². The van der Waals surface area contributed by atoms with E-state index in [0.717, 1.165) is 11.0 Å². The van der Waals surface area contributed by atoms with Gasteiger partial charge in [0, 0.05) is 19.2 Å². The number of Topliss-reactive ketones (excluding diaryl/α,β-unsaturated/α-hetero) is 1. The predicted molar refractivity (Wildman–Crippen MR) is 71.0 cm³/mol. The lowest BCUT2D eigenvalue weighted by Gasteiger charge is -2.23. The van der Waals surface area contributed by atoms with Gasteiger partial charge < -0.3 is 4.90 Å². The van der Waals surface area contributed by atoms with Crippen LogP contribution >= 0.6 is 0 Å². The molecule has 0 unspecified atom stereocenters. The van der Waals surface area contributed by atoms with Crippen LogP contribution in [0.1, 0.15) is 24.2 Å². The minimum atomic E-state index is -1.20. The van der Waals surface area contributed by atoms with Crippen LogP contribution in [-0.2, 0) is 9.59 Å². The lowest BCUT2D eigenvalue weighted by molar-refractivity contribution is -0.130. The fraction of sp³-hybridized carbons (Fsp3) is 0.357. The second-order valence-corrected chi connectivity index (χ2v) is 4.57. The molecule has 0 atom stereocenters. The average molecular weight is 296 g/mol. The zero-order valence-electron chi connectivity index (χ0n) is 11.7. The summed E-state index contributed by atoms with van der Waals surface area (Å²) < 4.78 is 26.5. The molecule has 0 aromatic heterocycles. The van der Waals surface area contributed by atoms with E-state index in [1.54, 1.807) is 13.8 Å². The molecule has 1 aromatic rings. The molecule has 5 nitrogen and oxygen atoms in total. The molecular weight excluding hydrogens is 282 g/mol. The molecule has 0 saturated heterocycles. The summed E-state index contributed by atoms with van der Waals surface area (Å²) in [5.41, 5.74) is -0.282. The number of nitrogens with zero attached hydrogens (tertiary/aromatic N) is 2. The van der Waals surface area contributed by atoms with Crippen LogP contribution in [0.4, 0.5) is 14.5 Å². The lowest BCUT2D eigenvalue weighted by atomic mass is 10.1. The van der Waals surface area contributed by atoms with Gasteiger partial charge in [0.15, 0.2) is 11.6 Å². The van der Waals surface area contributed by atoms with Gasteiger partial charge in [0.2, 0.25) is 5.91 Å². The van der Waals surface area contributed by atoms with E-state index in [-0.39, 0.29) is 23.7 Å². The van der Waals surface area contributed by atoms with Crippen LogP contribution in [-0.4, -0.2) is 42.1 Å². The highest BCUT2D eigenvalue weighted by atomic mass is 19.2. The number of carbonyl (C=O) groups excluding carboxylic acids is 3. The number of anilines is 1. The van der Waals surface area contributed by atoms with E-state index in [9.17, 15) is 23.2 Å². The van der Waals surface area contributed by atoms with Gasteiger partial charge in [0.05, 0.1) is 11.3 Å². The first-order valence-electron chi connectivity index (χ1n) is 6.53. The van der Waals surface area contributed by atoms with Crippen LogP contribution in [0.3, 0.4) is 0 Å². The van der Waals surface area contributed by atoms with Crippen molar-refractivity contribution in [2.45, 2.75) is 13.8 Å². The maximum atomic E-state index is 13.3. The number of likely N-dealkylation sites (N-methyl/N-ethyl adjacent to an activating group) is 1. The fourth-order valence-corrected chi connectivity index (χ4v) is 2.26. The molecule has 2 amide bonds. The number of amides is 2. The van der Waals surface area contributed by atoms with E-state index in [2.05, 4.69) is 0 Å². The smallest absolute Gasteiger partial charge is 0.299 e. The van der Waals surface area contributed by atoms with Gasteiger partial charge in [0.25, 0.3) is 11.7 Å². The highest BCUT2D eigenvalue weighted by Crippen LogP contribution is 2.30. The Hall–Kier alpha value is -2.31. The Bertz CT molecular complexity index is 627. The molecule has 0 N–H and O–H groups in total. The quantitative estimate of drug-likeness (QED) is 0.788. The first-order chi connectivity index (χ1) is 9.90. The van der Waals surface area contributed by atoms with Crippen molar-refractivity contribution >= 4 is 23.3 Å². The highest BCUT2D eigenvalue weighted by molar-refractivity contribution is 6.52. The van der Waals surface area contributed by atoms with Crippen molar-refractivity contribution in [3.05, 3.63) is 29.3 Å². The maximum Gasteiger partial charge on any atom is 0.299 e. The Morgan fingerprint density at radius 1 is 1.14 bits per heavy atom. The molecule has 1 aromatic carbocycles. The molecular formula is C14H14F2N2O3. The molecule has 112 valence electrons. The van der Waals surface area contributed by atoms with Crippen molar-refractivity contribution in [1.82, 2.24) is 4.90 Å². The van der Waals surface area contributed by atoms with Crippen molar-refractivity contribution in [2.75, 3.05) is 24.5 Å². The van der Waals surface area contributed by atoms with Crippen molar-refractivity contribution in [3.8, 4) is 0 Å². The Morgan fingerprint density at radius 3 is 2.29 bits per heavy atom. The van der Waals surface area contributed by atoms with Gasteiger partial charge in [-0.05, 0) is 19.9 Å². The summed E-state index contributed by atoms with van der Waals surface area (Å²) in [6.45, 7) is 4.10. The number of benzene rings is 1. The van der Waals surface area contributed by atoms with Crippen molar-refractivity contribution in [2.24, 2.45) is 0 Å². The number of ketones is 1. The zero-order chi connectivity index (χ0) is 15.7. The topological polar surface area (TPSA) is 57.7 Å². The molecule has 21 heavy (non-hydrogen) atoms. The maximum absolute atomic E-state index is 13.3. The van der Waals surface area contributed by atoms with Crippen LogP contribution in [0.5, 0.6) is 0 Å². The molecule has 7 heteroatoms. The third kappa shape index (κ3) is 2.51. The molecule has 0 saturated carbocycles. The standard InChI is InChI=1S/C14H14F2N2O3/c1-3-17(4-2)12(19)7-18-11-6-10(16)9(15)5-8(11)13(20)14(18)21/h5-6H,3-4,7H2,1-2H3. The molecule has 0 radical (unpaired) electrons. The van der Waals surface area contributed by atoms with E-state index in [4.69, 9.17) is 0 Å². The monoisotopic (exact) mass is 296 g/mol. The van der Waals surface area contributed by atoms with Crippen molar-refractivity contribution < 1.29 is 23.2 Å². The Balaban J connectivity index is 2.35. The van der Waals surface area contributed by atoms with Crippen LogP contribution in [0.2, 0.25) is 0 Å². The van der Waals surface area contributed by atoms with Gasteiger partial charge in [-0.1, -0.05) is 0 Å². The molecule has 1 heterocycles. The number of rotatable bonds is 4. The van der Waals surface area contributed by atoms with E-state index >= 15 is 0 Å². The number of hydrogen-bond donors (Lipinski definition) is 0. The van der Waals surface area contributed by atoms with Crippen LogP contribution in [0.15, 0.2) is 12.1 Å². The van der Waals surface area contributed by atoms with Gasteiger partial charge in [-0.3, -0.25) is 19.3 Å². The Morgan fingerprint density at radius 2 is 1.71 bits per heavy atom. The summed E-state index contributed by atoms with van der Waals surface area (Å²) >= 11 is 0. The molecule has 0 fully saturated rings. The first-order valence-corrected chi connectivity index (χ1v) is 6.53. The van der Waals surface area contributed by atoms with Crippen LogP contribution in [0.25, 0.3) is 0 Å². The van der Waals surface area contributed by atoms with Gasteiger partial charge >= 0.3 is 0 Å². The third-order valence-electron chi connectivity index (χ3n) is 3.42. The summed E-state index contributed by atoms with van der Waals surface area (Å²) in [4.78, 5) is 38.0. The van der Waals surface area contributed by atoms with E-state index in [0.29, 0.717) is 19.2 Å². The second kappa shape index (κ2) is 5.59. The minimum absolute atomic E-state index is 0.0654. The molecule has 2 rings (SSSR count). The SMILES string of the molecule is CCN(CC)C(=O)CN1C(=O)C(=O)c2cc(F)c(F)cc21. The molecule has 0 aliphatic carbocycles. The average Bonchev–Trinajstić information content (AvgIpc) is 2.66. The normalized spacial score (nSPS) is 13.6. The number of fused-ring (bicyclic) bond motifs is 1. The summed E-state index contributed by atoms with van der Waals surface area (Å²) in [5.74, 6) is -4.62. The molecule has 1 aliphatic heterocycles. The Labute approximate surface area is 120 Å². The van der Waals surface area contributed by atoms with Crippen LogP contribution < -0.4 is 4.90 Å². The molecule has 0 bridgehead atoms. The third-order valence-corrected chi connectivity index (χ3v) is 3.42. The summed E-state index contributed by atoms with van der Waals surface area (Å²) in [6.07, 6.45) is 0. The number of carbonyl (C=O) groups is 3.